The van der Waals surface area contributed by atoms with E-state index in [1.807, 2.05) is 19.1 Å². The second-order valence-electron chi connectivity index (χ2n) is 6.15. The molecule has 2 aromatic rings. The first-order valence-electron chi connectivity index (χ1n) is 7.82. The molecule has 0 unspecified atom stereocenters. The fourth-order valence-electron chi connectivity index (χ4n) is 3.24. The minimum absolute atomic E-state index is 0.0582. The number of Topliss-reactive ketones (excluding diaryl/α,β-unsaturated/α-hetero) is 1. The number of carbonyl (C=O) groups is 1. The standard InChI is InChI=1S/C20H19BrO3/c1-11-6-12(2)15-5-4-13(20(23)16(15)7-11)8-14-9-18(22)19(24-3)10-17(14)21/h6-10,22H,4-5H2,1-3H3/b13-8-. The van der Waals surface area contributed by atoms with Gasteiger partial charge in [0.05, 0.1) is 7.11 Å². The Morgan fingerprint density at radius 1 is 1.17 bits per heavy atom. The van der Waals surface area contributed by atoms with Crippen LogP contribution in [-0.2, 0) is 6.42 Å². The van der Waals surface area contributed by atoms with Gasteiger partial charge in [0, 0.05) is 15.6 Å². The molecule has 0 aromatic heterocycles. The Morgan fingerprint density at radius 3 is 2.62 bits per heavy atom. The second-order valence-corrected chi connectivity index (χ2v) is 7.01. The summed E-state index contributed by atoms with van der Waals surface area (Å²) in [6.07, 6.45) is 3.42. The summed E-state index contributed by atoms with van der Waals surface area (Å²) in [6, 6.07) is 7.41. The van der Waals surface area contributed by atoms with E-state index in [1.54, 1.807) is 12.1 Å². The van der Waals surface area contributed by atoms with E-state index in [1.165, 1.54) is 12.7 Å². The molecule has 0 bridgehead atoms. The first-order chi connectivity index (χ1) is 11.4. The number of aryl methyl sites for hydroxylation is 2. The quantitative estimate of drug-likeness (QED) is 0.739. The number of ketones is 1. The van der Waals surface area contributed by atoms with Crippen LogP contribution in [0.4, 0.5) is 0 Å². The van der Waals surface area contributed by atoms with Crippen molar-refractivity contribution in [2.24, 2.45) is 0 Å². The summed E-state index contributed by atoms with van der Waals surface area (Å²) in [6.45, 7) is 4.07. The normalized spacial score (nSPS) is 15.5. The number of phenols is 1. The van der Waals surface area contributed by atoms with Crippen molar-refractivity contribution in [3.63, 3.8) is 0 Å². The van der Waals surface area contributed by atoms with Crippen LogP contribution in [-0.4, -0.2) is 18.0 Å². The first kappa shape index (κ1) is 16.8. The van der Waals surface area contributed by atoms with Gasteiger partial charge >= 0.3 is 0 Å². The SMILES string of the molecule is COc1cc(Br)c(/C=C2/CCc3c(C)cc(C)cc3C2=O)cc1O. The van der Waals surface area contributed by atoms with Gasteiger partial charge in [0.25, 0.3) is 0 Å². The highest BCUT2D eigenvalue weighted by molar-refractivity contribution is 9.10. The number of fused-ring (bicyclic) bond motifs is 1. The van der Waals surface area contributed by atoms with Crippen LogP contribution in [0.1, 0.15) is 39.0 Å². The summed E-state index contributed by atoms with van der Waals surface area (Å²) in [5.74, 6) is 0.531. The highest BCUT2D eigenvalue weighted by Crippen LogP contribution is 2.35. The van der Waals surface area contributed by atoms with Crippen molar-refractivity contribution in [2.75, 3.05) is 7.11 Å². The number of phenolic OH excluding ortho intramolecular Hbond substituents is 1. The Morgan fingerprint density at radius 2 is 1.92 bits per heavy atom. The first-order valence-corrected chi connectivity index (χ1v) is 8.62. The smallest absolute Gasteiger partial charge is 0.189 e. The van der Waals surface area contributed by atoms with Crippen LogP contribution in [0.15, 0.2) is 34.3 Å². The summed E-state index contributed by atoms with van der Waals surface area (Å²) >= 11 is 3.48. The van der Waals surface area contributed by atoms with Gasteiger partial charge in [-0.05, 0) is 67.7 Å². The highest BCUT2D eigenvalue weighted by Gasteiger charge is 2.23. The zero-order valence-electron chi connectivity index (χ0n) is 13.9. The van der Waals surface area contributed by atoms with Crippen molar-refractivity contribution < 1.29 is 14.6 Å². The molecule has 0 saturated heterocycles. The minimum Gasteiger partial charge on any atom is -0.504 e. The van der Waals surface area contributed by atoms with E-state index in [9.17, 15) is 9.90 Å². The van der Waals surface area contributed by atoms with Crippen LogP contribution in [0.3, 0.4) is 0 Å². The van der Waals surface area contributed by atoms with Crippen LogP contribution in [0, 0.1) is 13.8 Å². The Bertz CT molecular complexity index is 866. The average Bonchev–Trinajstić information content (AvgIpc) is 2.53. The summed E-state index contributed by atoms with van der Waals surface area (Å²) in [5.41, 5.74) is 5.77. The van der Waals surface area contributed by atoms with Gasteiger partial charge in [-0.1, -0.05) is 27.6 Å². The lowest BCUT2D eigenvalue weighted by Crippen LogP contribution is -2.15. The third-order valence-electron chi connectivity index (χ3n) is 4.43. The van der Waals surface area contributed by atoms with Crippen LogP contribution in [0.2, 0.25) is 0 Å². The number of ether oxygens (including phenoxy) is 1. The predicted octanol–water partition coefficient (Wildman–Crippen LogP) is 4.99. The Balaban J connectivity index is 2.04. The van der Waals surface area contributed by atoms with Crippen molar-refractivity contribution in [2.45, 2.75) is 26.7 Å². The molecule has 0 aliphatic heterocycles. The summed E-state index contributed by atoms with van der Waals surface area (Å²) in [5, 5.41) is 9.98. The lowest BCUT2D eigenvalue weighted by Gasteiger charge is -2.20. The van der Waals surface area contributed by atoms with Crippen LogP contribution >= 0.6 is 15.9 Å². The zero-order chi connectivity index (χ0) is 17.4. The molecule has 3 rings (SSSR count). The molecular formula is C20H19BrO3. The van der Waals surface area contributed by atoms with E-state index in [4.69, 9.17) is 4.74 Å². The van der Waals surface area contributed by atoms with E-state index in [0.29, 0.717) is 12.2 Å². The van der Waals surface area contributed by atoms with Crippen LogP contribution in [0.25, 0.3) is 6.08 Å². The van der Waals surface area contributed by atoms with Gasteiger partial charge in [0.15, 0.2) is 17.3 Å². The molecular weight excluding hydrogens is 368 g/mol. The number of rotatable bonds is 2. The van der Waals surface area contributed by atoms with Gasteiger partial charge in [-0.15, -0.1) is 0 Å². The van der Waals surface area contributed by atoms with Gasteiger partial charge in [0.2, 0.25) is 0 Å². The summed E-state index contributed by atoms with van der Waals surface area (Å²) < 4.78 is 5.88. The van der Waals surface area contributed by atoms with Gasteiger partial charge in [-0.3, -0.25) is 4.79 Å². The van der Waals surface area contributed by atoms with E-state index in [2.05, 4.69) is 28.9 Å². The molecule has 0 amide bonds. The number of carbonyl (C=O) groups excluding carboxylic acids is 1. The van der Waals surface area contributed by atoms with Crippen molar-refractivity contribution in [3.05, 3.63) is 62.1 Å². The number of aromatic hydroxyl groups is 1. The van der Waals surface area contributed by atoms with Crippen LogP contribution in [0.5, 0.6) is 11.5 Å². The molecule has 0 saturated carbocycles. The number of halogens is 1. The second kappa shape index (κ2) is 6.44. The maximum atomic E-state index is 12.9. The van der Waals surface area contributed by atoms with E-state index >= 15 is 0 Å². The molecule has 1 N–H and O–H groups in total. The number of hydrogen-bond donors (Lipinski definition) is 1. The molecule has 0 radical (unpaired) electrons. The molecule has 0 heterocycles. The van der Waals surface area contributed by atoms with Gasteiger partial charge in [-0.2, -0.15) is 0 Å². The fourth-order valence-corrected chi connectivity index (χ4v) is 3.67. The Kier molecular flexibility index (Phi) is 4.50. The third kappa shape index (κ3) is 2.98. The average molecular weight is 387 g/mol. The molecule has 0 atom stereocenters. The molecule has 0 spiro atoms. The highest BCUT2D eigenvalue weighted by atomic mass is 79.9. The maximum absolute atomic E-state index is 12.9. The largest absolute Gasteiger partial charge is 0.504 e. The molecule has 1 aliphatic rings. The van der Waals surface area contributed by atoms with E-state index in [-0.39, 0.29) is 11.5 Å². The van der Waals surface area contributed by atoms with Crippen molar-refractivity contribution >= 4 is 27.8 Å². The van der Waals surface area contributed by atoms with E-state index in [0.717, 1.165) is 38.7 Å². The third-order valence-corrected chi connectivity index (χ3v) is 5.11. The minimum atomic E-state index is 0.0582. The monoisotopic (exact) mass is 386 g/mol. The Labute approximate surface area is 150 Å². The zero-order valence-corrected chi connectivity index (χ0v) is 15.5. The molecule has 4 heteroatoms. The lowest BCUT2D eigenvalue weighted by molar-refractivity contribution is 0.102. The number of allylic oxidation sites excluding steroid dienone is 1. The number of hydrogen-bond acceptors (Lipinski definition) is 3. The van der Waals surface area contributed by atoms with Crippen molar-refractivity contribution in [3.8, 4) is 11.5 Å². The van der Waals surface area contributed by atoms with E-state index < -0.39 is 0 Å². The molecule has 0 fully saturated rings. The van der Waals surface area contributed by atoms with Gasteiger partial charge in [-0.25, -0.2) is 0 Å². The topological polar surface area (TPSA) is 46.5 Å². The maximum Gasteiger partial charge on any atom is 0.189 e. The van der Waals surface area contributed by atoms with Crippen molar-refractivity contribution in [1.29, 1.82) is 0 Å². The lowest BCUT2D eigenvalue weighted by atomic mass is 9.83. The summed E-state index contributed by atoms with van der Waals surface area (Å²) in [4.78, 5) is 12.9. The fraction of sp³-hybridized carbons (Fsp3) is 0.250. The Hall–Kier alpha value is -2.07. The molecule has 1 aliphatic carbocycles. The van der Waals surface area contributed by atoms with Gasteiger partial charge < -0.3 is 9.84 Å². The predicted molar refractivity (Wildman–Crippen MR) is 98.9 cm³/mol. The molecule has 124 valence electrons. The van der Waals surface area contributed by atoms with Gasteiger partial charge in [0.1, 0.15) is 0 Å². The molecule has 2 aromatic carbocycles. The molecule has 24 heavy (non-hydrogen) atoms. The number of methoxy groups -OCH3 is 1. The van der Waals surface area contributed by atoms with Crippen LogP contribution < -0.4 is 4.74 Å². The van der Waals surface area contributed by atoms with Crippen molar-refractivity contribution in [1.82, 2.24) is 0 Å². The number of benzene rings is 2. The summed E-state index contributed by atoms with van der Waals surface area (Å²) in [7, 11) is 1.51. The molecule has 3 nitrogen and oxygen atoms in total.